The monoisotopic (exact) mass is 727 g/mol. The summed E-state index contributed by atoms with van der Waals surface area (Å²) in [5.41, 5.74) is 13.8. The van der Waals surface area contributed by atoms with Crippen LogP contribution in [0.1, 0.15) is 22.9 Å². The molecule has 1 N–H and O–H groups in total. The van der Waals surface area contributed by atoms with E-state index < -0.39 is 0 Å². The molecule has 9 aromatic carbocycles. The molecule has 0 saturated carbocycles. The minimum atomic E-state index is -0.182. The predicted octanol–water partition coefficient (Wildman–Crippen LogP) is 13.6. The van der Waals surface area contributed by atoms with Gasteiger partial charge in [-0.3, -0.25) is 4.99 Å². The topological polar surface area (TPSA) is 29.3 Å². The van der Waals surface area contributed by atoms with Crippen LogP contribution in [0.15, 0.2) is 217 Å². The van der Waals surface area contributed by atoms with Crippen LogP contribution in [0.3, 0.4) is 0 Å². The molecule has 2 heterocycles. The van der Waals surface area contributed by atoms with Crippen LogP contribution in [0.25, 0.3) is 77.0 Å². The maximum absolute atomic E-state index is 5.21. The van der Waals surface area contributed by atoms with E-state index >= 15 is 0 Å². The number of allylic oxidation sites excluding steroid dienone is 1. The zero-order chi connectivity index (χ0) is 37.7. The Morgan fingerprint density at radius 1 is 0.404 bits per heavy atom. The summed E-state index contributed by atoms with van der Waals surface area (Å²) in [6.07, 6.45) is 1.99. The second kappa shape index (κ2) is 13.7. The number of nitrogens with zero attached hydrogens (tertiary/aromatic N) is 2. The SMILES string of the molecule is C1=C(c2ccccc2)NC(c2ccccc2)N=C1c1ccc(-n2c3ccccc3c3c4cc(-c5ccc6cc(-c7ccccc7)ccc6c5)ccc4ccc32)cc1. The Balaban J connectivity index is 0.992. The van der Waals surface area contributed by atoms with Gasteiger partial charge in [0.1, 0.15) is 6.17 Å². The number of benzene rings is 9. The molecule has 10 aromatic rings. The molecule has 1 aliphatic rings. The minimum absolute atomic E-state index is 0.182. The summed E-state index contributed by atoms with van der Waals surface area (Å²) >= 11 is 0. The van der Waals surface area contributed by atoms with Gasteiger partial charge in [0.05, 0.1) is 16.7 Å². The number of hydrogen-bond acceptors (Lipinski definition) is 2. The van der Waals surface area contributed by atoms with E-state index in [0.29, 0.717) is 0 Å². The van der Waals surface area contributed by atoms with Crippen molar-refractivity contribution in [3.63, 3.8) is 0 Å². The van der Waals surface area contributed by atoms with Crippen LogP contribution in [-0.4, -0.2) is 10.3 Å². The summed E-state index contributed by atoms with van der Waals surface area (Å²) in [5.74, 6) is 0. The highest BCUT2D eigenvalue weighted by Gasteiger charge is 2.20. The summed E-state index contributed by atoms with van der Waals surface area (Å²) in [6, 6.07) is 74.3. The van der Waals surface area contributed by atoms with Crippen LogP contribution in [0.5, 0.6) is 0 Å². The van der Waals surface area contributed by atoms with Crippen molar-refractivity contribution in [3.05, 3.63) is 229 Å². The van der Waals surface area contributed by atoms with Crippen LogP contribution < -0.4 is 5.32 Å². The van der Waals surface area contributed by atoms with E-state index in [9.17, 15) is 0 Å². The van der Waals surface area contributed by atoms with E-state index in [4.69, 9.17) is 4.99 Å². The molecule has 0 radical (unpaired) electrons. The number of aliphatic imine (C=N–C) groups is 1. The number of aromatic nitrogens is 1. The predicted molar refractivity (Wildman–Crippen MR) is 240 cm³/mol. The fraction of sp³-hybridized carbons (Fsp3) is 0.0185. The number of para-hydroxylation sites is 1. The maximum Gasteiger partial charge on any atom is 0.145 e. The molecule has 0 saturated heterocycles. The van der Waals surface area contributed by atoms with Crippen molar-refractivity contribution in [2.75, 3.05) is 0 Å². The van der Waals surface area contributed by atoms with E-state index in [0.717, 1.165) is 33.8 Å². The van der Waals surface area contributed by atoms with Gasteiger partial charge in [-0.15, -0.1) is 0 Å². The average Bonchev–Trinajstić information content (AvgIpc) is 3.64. The summed E-state index contributed by atoms with van der Waals surface area (Å²) < 4.78 is 2.41. The average molecular weight is 728 g/mol. The van der Waals surface area contributed by atoms with Crippen molar-refractivity contribution in [3.8, 4) is 27.9 Å². The largest absolute Gasteiger partial charge is 0.360 e. The Labute approximate surface area is 331 Å². The number of rotatable bonds is 6. The van der Waals surface area contributed by atoms with Gasteiger partial charge in [0.15, 0.2) is 0 Å². The molecular formula is C54H37N3. The highest BCUT2D eigenvalue weighted by atomic mass is 15.1. The van der Waals surface area contributed by atoms with Crippen LogP contribution in [-0.2, 0) is 0 Å². The fourth-order valence-corrected chi connectivity index (χ4v) is 8.53. The second-order valence-corrected chi connectivity index (χ2v) is 14.8. The summed E-state index contributed by atoms with van der Waals surface area (Å²) in [4.78, 5) is 5.21. The molecular weight excluding hydrogens is 691 g/mol. The Kier molecular flexibility index (Phi) is 7.89. The second-order valence-electron chi connectivity index (χ2n) is 14.8. The van der Waals surface area contributed by atoms with Crippen LogP contribution in [0.2, 0.25) is 0 Å². The van der Waals surface area contributed by atoms with Gasteiger partial charge in [0.25, 0.3) is 0 Å². The van der Waals surface area contributed by atoms with Crippen LogP contribution in [0, 0.1) is 0 Å². The molecule has 3 heteroatoms. The Morgan fingerprint density at radius 3 is 1.68 bits per heavy atom. The zero-order valence-corrected chi connectivity index (χ0v) is 31.2. The molecule has 3 nitrogen and oxygen atoms in total. The summed E-state index contributed by atoms with van der Waals surface area (Å²) in [6.45, 7) is 0. The molecule has 1 unspecified atom stereocenters. The van der Waals surface area contributed by atoms with E-state index in [1.165, 1.54) is 65.6 Å². The van der Waals surface area contributed by atoms with Gasteiger partial charge < -0.3 is 9.88 Å². The van der Waals surface area contributed by atoms with E-state index in [1.54, 1.807) is 0 Å². The van der Waals surface area contributed by atoms with Crippen molar-refractivity contribution in [1.82, 2.24) is 9.88 Å². The lowest BCUT2D eigenvalue weighted by atomic mass is 9.95. The first-order valence-corrected chi connectivity index (χ1v) is 19.6. The van der Waals surface area contributed by atoms with Crippen LogP contribution in [0.4, 0.5) is 0 Å². The Bertz CT molecular complexity index is 3180. The molecule has 0 spiro atoms. The van der Waals surface area contributed by atoms with Gasteiger partial charge in [-0.05, 0) is 109 Å². The van der Waals surface area contributed by atoms with E-state index in [2.05, 4.69) is 216 Å². The lowest BCUT2D eigenvalue weighted by Gasteiger charge is -2.25. The summed E-state index contributed by atoms with van der Waals surface area (Å²) in [7, 11) is 0. The maximum atomic E-state index is 5.21. The third-order valence-corrected chi connectivity index (χ3v) is 11.4. The molecule has 11 rings (SSSR count). The highest BCUT2D eigenvalue weighted by molar-refractivity contribution is 6.22. The van der Waals surface area contributed by atoms with Crippen molar-refractivity contribution in [1.29, 1.82) is 0 Å². The van der Waals surface area contributed by atoms with E-state index in [1.807, 2.05) is 6.07 Å². The smallest absolute Gasteiger partial charge is 0.145 e. The van der Waals surface area contributed by atoms with Gasteiger partial charge in [0.2, 0.25) is 0 Å². The van der Waals surface area contributed by atoms with Crippen LogP contribution >= 0.6 is 0 Å². The molecule has 1 atom stereocenters. The summed E-state index contributed by atoms with van der Waals surface area (Å²) in [5, 5.41) is 11.2. The van der Waals surface area contributed by atoms with Gasteiger partial charge >= 0.3 is 0 Å². The highest BCUT2D eigenvalue weighted by Crippen LogP contribution is 2.39. The Hall–Kier alpha value is -7.49. The zero-order valence-electron chi connectivity index (χ0n) is 31.2. The quantitative estimate of drug-likeness (QED) is 0.182. The first-order chi connectivity index (χ1) is 28.2. The normalized spacial score (nSPS) is 14.1. The van der Waals surface area contributed by atoms with Crippen molar-refractivity contribution in [2.24, 2.45) is 4.99 Å². The van der Waals surface area contributed by atoms with Gasteiger partial charge in [0, 0.05) is 22.2 Å². The molecule has 0 fully saturated rings. The van der Waals surface area contributed by atoms with Crippen molar-refractivity contribution < 1.29 is 0 Å². The van der Waals surface area contributed by atoms with Gasteiger partial charge in [-0.1, -0.05) is 164 Å². The molecule has 1 aliphatic heterocycles. The molecule has 0 aliphatic carbocycles. The first-order valence-electron chi connectivity index (χ1n) is 19.6. The molecule has 0 amide bonds. The van der Waals surface area contributed by atoms with Gasteiger partial charge in [-0.2, -0.15) is 0 Å². The van der Waals surface area contributed by atoms with Crippen molar-refractivity contribution >= 4 is 54.8 Å². The number of fused-ring (bicyclic) bond motifs is 6. The molecule has 0 bridgehead atoms. The Morgan fingerprint density at radius 2 is 0.965 bits per heavy atom. The standard InChI is InChI=1S/C54H37N3/c1-4-12-36(13-5-1)41-22-23-43-33-44(25-24-42(43)32-41)45-21-20-37-28-31-52-53(48(37)34-45)47-18-10-11-19-51(47)57(52)46-29-26-39(27-30-46)50-35-49(38-14-6-2-7-15-38)55-54(56-50)40-16-8-3-9-17-40/h1-35,54-55H. The lowest BCUT2D eigenvalue weighted by Crippen LogP contribution is -2.24. The number of nitrogens with one attached hydrogen (secondary N) is 1. The number of hydrogen-bond donors (Lipinski definition) is 1. The van der Waals surface area contributed by atoms with E-state index in [-0.39, 0.29) is 6.17 Å². The third kappa shape index (κ3) is 5.89. The van der Waals surface area contributed by atoms with Crippen molar-refractivity contribution in [2.45, 2.75) is 6.17 Å². The molecule has 1 aromatic heterocycles. The minimum Gasteiger partial charge on any atom is -0.360 e. The lowest BCUT2D eigenvalue weighted by molar-refractivity contribution is 0.664. The first kappa shape index (κ1) is 32.9. The molecule has 268 valence electrons. The molecule has 57 heavy (non-hydrogen) atoms. The third-order valence-electron chi connectivity index (χ3n) is 11.4. The fourth-order valence-electron chi connectivity index (χ4n) is 8.53. The van der Waals surface area contributed by atoms with Gasteiger partial charge in [-0.25, -0.2) is 0 Å².